The van der Waals surface area contributed by atoms with Crippen LogP contribution in [0, 0.1) is 5.82 Å². The minimum Gasteiger partial charge on any atom is -0.378 e. The standard InChI is InChI=1S/C16H15FN2O4S/c17-12-4-6-13(7-5-12)18-16(20)11-2-1-3-15(8-11)24(21,22)19-14-9-23-10-14/h1-8,14,19H,9-10H2,(H,18,20). The van der Waals surface area contributed by atoms with Gasteiger partial charge < -0.3 is 10.1 Å². The van der Waals surface area contributed by atoms with Crippen LogP contribution in [0.25, 0.3) is 0 Å². The molecule has 1 aliphatic rings. The fourth-order valence-electron chi connectivity index (χ4n) is 2.13. The van der Waals surface area contributed by atoms with Crippen molar-refractivity contribution in [1.29, 1.82) is 0 Å². The summed E-state index contributed by atoms with van der Waals surface area (Å²) in [5.74, 6) is -0.891. The molecule has 0 aromatic heterocycles. The molecule has 8 heteroatoms. The first-order valence-corrected chi connectivity index (χ1v) is 8.69. The van der Waals surface area contributed by atoms with E-state index in [2.05, 4.69) is 10.0 Å². The lowest BCUT2D eigenvalue weighted by atomic mass is 10.2. The lowest BCUT2D eigenvalue weighted by molar-refractivity contribution is 0.00482. The Hall–Kier alpha value is -2.29. The van der Waals surface area contributed by atoms with Gasteiger partial charge in [0.2, 0.25) is 10.0 Å². The number of sulfonamides is 1. The molecule has 1 amide bonds. The van der Waals surface area contributed by atoms with Crippen LogP contribution in [0.1, 0.15) is 10.4 Å². The number of nitrogens with one attached hydrogen (secondary N) is 2. The topological polar surface area (TPSA) is 84.5 Å². The predicted molar refractivity (Wildman–Crippen MR) is 85.7 cm³/mol. The molecule has 24 heavy (non-hydrogen) atoms. The van der Waals surface area contributed by atoms with Crippen molar-refractivity contribution >= 4 is 21.6 Å². The molecule has 0 saturated carbocycles. The number of ether oxygens (including phenoxy) is 1. The van der Waals surface area contributed by atoms with Gasteiger partial charge in [-0.3, -0.25) is 4.79 Å². The average Bonchev–Trinajstić information content (AvgIpc) is 2.53. The van der Waals surface area contributed by atoms with Gasteiger partial charge in [-0.25, -0.2) is 17.5 Å². The van der Waals surface area contributed by atoms with Crippen LogP contribution in [0.3, 0.4) is 0 Å². The first-order chi connectivity index (χ1) is 11.4. The van der Waals surface area contributed by atoms with Crippen LogP contribution in [0.5, 0.6) is 0 Å². The van der Waals surface area contributed by atoms with E-state index in [0.717, 1.165) is 0 Å². The Morgan fingerprint density at radius 1 is 1.12 bits per heavy atom. The molecule has 2 N–H and O–H groups in total. The van der Waals surface area contributed by atoms with E-state index in [4.69, 9.17) is 4.74 Å². The molecule has 0 radical (unpaired) electrons. The van der Waals surface area contributed by atoms with Crippen LogP contribution in [0.15, 0.2) is 53.4 Å². The van der Waals surface area contributed by atoms with Crippen LogP contribution < -0.4 is 10.0 Å². The number of hydrogen-bond donors (Lipinski definition) is 2. The Morgan fingerprint density at radius 2 is 1.83 bits per heavy atom. The molecule has 0 unspecified atom stereocenters. The first-order valence-electron chi connectivity index (χ1n) is 7.21. The fraction of sp³-hybridized carbons (Fsp3) is 0.188. The Labute approximate surface area is 138 Å². The highest BCUT2D eigenvalue weighted by Crippen LogP contribution is 2.16. The molecule has 0 aliphatic carbocycles. The Bertz CT molecular complexity index is 849. The van der Waals surface area contributed by atoms with Crippen molar-refractivity contribution in [3.05, 3.63) is 59.9 Å². The number of benzene rings is 2. The first kappa shape index (κ1) is 16.6. The summed E-state index contributed by atoms with van der Waals surface area (Å²) in [5, 5.41) is 2.59. The molecule has 3 rings (SSSR count). The summed E-state index contributed by atoms with van der Waals surface area (Å²) in [5.41, 5.74) is 0.603. The molecular formula is C16H15FN2O4S. The van der Waals surface area contributed by atoms with Crippen molar-refractivity contribution in [3.8, 4) is 0 Å². The molecule has 6 nitrogen and oxygen atoms in total. The molecular weight excluding hydrogens is 335 g/mol. The van der Waals surface area contributed by atoms with Crippen molar-refractivity contribution in [3.63, 3.8) is 0 Å². The van der Waals surface area contributed by atoms with E-state index < -0.39 is 21.7 Å². The second-order valence-electron chi connectivity index (χ2n) is 5.34. The van der Waals surface area contributed by atoms with Gasteiger partial charge in [0.1, 0.15) is 5.82 Å². The van der Waals surface area contributed by atoms with Crippen molar-refractivity contribution < 1.29 is 22.3 Å². The SMILES string of the molecule is O=C(Nc1ccc(F)cc1)c1cccc(S(=O)(=O)NC2COC2)c1. The van der Waals surface area contributed by atoms with E-state index in [1.807, 2.05) is 0 Å². The molecule has 2 aromatic carbocycles. The Kier molecular flexibility index (Phi) is 4.61. The van der Waals surface area contributed by atoms with E-state index >= 15 is 0 Å². The Balaban J connectivity index is 1.76. The quantitative estimate of drug-likeness (QED) is 0.860. The summed E-state index contributed by atoms with van der Waals surface area (Å²) in [6.45, 7) is 0.675. The van der Waals surface area contributed by atoms with Crippen molar-refractivity contribution in [2.45, 2.75) is 10.9 Å². The third kappa shape index (κ3) is 3.78. The third-order valence-corrected chi connectivity index (χ3v) is 4.99. The van der Waals surface area contributed by atoms with Crippen LogP contribution in [-0.4, -0.2) is 33.6 Å². The smallest absolute Gasteiger partial charge is 0.255 e. The van der Waals surface area contributed by atoms with Gasteiger partial charge >= 0.3 is 0 Å². The number of halogens is 1. The molecule has 126 valence electrons. The van der Waals surface area contributed by atoms with Gasteiger partial charge in [0.05, 0.1) is 24.2 Å². The molecule has 1 aliphatic heterocycles. The minimum absolute atomic E-state index is 0.00107. The zero-order valence-corrected chi connectivity index (χ0v) is 13.3. The normalized spacial score (nSPS) is 14.9. The summed E-state index contributed by atoms with van der Waals surface area (Å²) >= 11 is 0. The monoisotopic (exact) mass is 350 g/mol. The van der Waals surface area contributed by atoms with Crippen molar-refractivity contribution in [1.82, 2.24) is 4.72 Å². The fourth-order valence-corrected chi connectivity index (χ4v) is 3.38. The number of amides is 1. The van der Waals surface area contributed by atoms with Crippen LogP contribution in [0.4, 0.5) is 10.1 Å². The number of carbonyl (C=O) groups is 1. The van der Waals surface area contributed by atoms with E-state index in [0.29, 0.717) is 18.9 Å². The number of rotatable bonds is 5. The van der Waals surface area contributed by atoms with Gasteiger partial charge in [-0.15, -0.1) is 0 Å². The van der Waals surface area contributed by atoms with Gasteiger partial charge in [-0.05, 0) is 42.5 Å². The highest BCUT2D eigenvalue weighted by molar-refractivity contribution is 7.89. The molecule has 0 atom stereocenters. The molecule has 0 spiro atoms. The largest absolute Gasteiger partial charge is 0.378 e. The zero-order valence-electron chi connectivity index (χ0n) is 12.5. The molecule has 1 heterocycles. The summed E-state index contributed by atoms with van der Waals surface area (Å²) in [7, 11) is -3.71. The lowest BCUT2D eigenvalue weighted by Crippen LogP contribution is -2.48. The third-order valence-electron chi connectivity index (χ3n) is 3.47. The molecule has 1 saturated heterocycles. The summed E-state index contributed by atoms with van der Waals surface area (Å²) < 4.78 is 44.8. The summed E-state index contributed by atoms with van der Waals surface area (Å²) in [6, 6.07) is 10.7. The predicted octanol–water partition coefficient (Wildman–Crippen LogP) is 1.76. The maximum atomic E-state index is 12.9. The number of carbonyl (C=O) groups excluding carboxylic acids is 1. The highest BCUT2D eigenvalue weighted by atomic mass is 32.2. The molecule has 0 bridgehead atoms. The van der Waals surface area contributed by atoms with Gasteiger partial charge in [0.15, 0.2) is 0 Å². The van der Waals surface area contributed by atoms with E-state index in [1.54, 1.807) is 0 Å². The summed E-state index contributed by atoms with van der Waals surface area (Å²) in [6.07, 6.45) is 0. The highest BCUT2D eigenvalue weighted by Gasteiger charge is 2.26. The maximum absolute atomic E-state index is 12.9. The van der Waals surface area contributed by atoms with Gasteiger partial charge in [0.25, 0.3) is 5.91 Å². The Morgan fingerprint density at radius 3 is 2.46 bits per heavy atom. The molecule has 1 fully saturated rings. The zero-order chi connectivity index (χ0) is 17.2. The number of anilines is 1. The number of hydrogen-bond acceptors (Lipinski definition) is 4. The van der Waals surface area contributed by atoms with Gasteiger partial charge in [0, 0.05) is 11.3 Å². The minimum atomic E-state index is -3.71. The second kappa shape index (κ2) is 6.68. The van der Waals surface area contributed by atoms with E-state index in [1.165, 1.54) is 48.5 Å². The summed E-state index contributed by atoms with van der Waals surface area (Å²) in [4.78, 5) is 12.2. The van der Waals surface area contributed by atoms with Gasteiger partial charge in [-0.2, -0.15) is 0 Å². The van der Waals surface area contributed by atoms with E-state index in [-0.39, 0.29) is 16.5 Å². The average molecular weight is 350 g/mol. The second-order valence-corrected chi connectivity index (χ2v) is 7.06. The van der Waals surface area contributed by atoms with Crippen LogP contribution in [0.2, 0.25) is 0 Å². The van der Waals surface area contributed by atoms with Crippen molar-refractivity contribution in [2.75, 3.05) is 18.5 Å². The van der Waals surface area contributed by atoms with Crippen LogP contribution >= 0.6 is 0 Å². The van der Waals surface area contributed by atoms with Crippen LogP contribution in [-0.2, 0) is 14.8 Å². The van der Waals surface area contributed by atoms with E-state index in [9.17, 15) is 17.6 Å². The van der Waals surface area contributed by atoms with Crippen molar-refractivity contribution in [2.24, 2.45) is 0 Å². The maximum Gasteiger partial charge on any atom is 0.255 e. The lowest BCUT2D eigenvalue weighted by Gasteiger charge is -2.26. The molecule has 2 aromatic rings. The van der Waals surface area contributed by atoms with Gasteiger partial charge in [-0.1, -0.05) is 6.07 Å².